The van der Waals surface area contributed by atoms with Gasteiger partial charge in [-0.05, 0) is 5.75 Å². The number of rotatable bonds is 1. The number of hydrogen-bond donors (Lipinski definition) is 1. The molecule has 0 aromatic heterocycles. The van der Waals surface area contributed by atoms with Crippen molar-refractivity contribution in [3.05, 3.63) is 0 Å². The van der Waals surface area contributed by atoms with Crippen LogP contribution in [0.1, 0.15) is 6.92 Å². The minimum Gasteiger partial charge on any atom is -0.364 e. The topological polar surface area (TPSA) is 43.1 Å². The third-order valence-electron chi connectivity index (χ3n) is 0.477. The summed E-state index contributed by atoms with van der Waals surface area (Å²) in [5.41, 5.74) is 4.82. The van der Waals surface area contributed by atoms with Crippen LogP contribution >= 0.6 is 24.0 Å². The molecule has 0 atom stereocenters. The molecule has 2 nitrogen and oxygen atoms in total. The number of thioether (sulfide) groups is 1. The van der Waals surface area contributed by atoms with E-state index >= 15 is 0 Å². The lowest BCUT2D eigenvalue weighted by Crippen LogP contribution is -2.18. The fraction of sp³-hybridized carbons (Fsp3) is 0.500. The van der Waals surface area contributed by atoms with Crippen LogP contribution < -0.4 is 5.73 Å². The molecule has 0 rings (SSSR count). The Morgan fingerprint density at radius 3 is 2.50 bits per heavy atom. The maximum atomic E-state index is 10.1. The summed E-state index contributed by atoms with van der Waals surface area (Å²) >= 11 is 5.86. The quantitative estimate of drug-likeness (QED) is 0.554. The van der Waals surface area contributed by atoms with Gasteiger partial charge in [-0.1, -0.05) is 19.1 Å². The zero-order chi connectivity index (χ0) is 6.57. The molecule has 0 aliphatic carbocycles. The minimum absolute atomic E-state index is 0.271. The Kier molecular flexibility index (Phi) is 3.81. The summed E-state index contributed by atoms with van der Waals surface area (Å²) in [4.78, 5) is 10.1. The molecule has 0 radical (unpaired) electrons. The second-order valence-corrected chi connectivity index (χ2v) is 3.03. The molecule has 1 amide bonds. The van der Waals surface area contributed by atoms with Gasteiger partial charge in [-0.25, -0.2) is 0 Å². The van der Waals surface area contributed by atoms with Gasteiger partial charge in [0.15, 0.2) is 0 Å². The van der Waals surface area contributed by atoms with E-state index in [9.17, 15) is 4.79 Å². The molecule has 0 spiro atoms. The Morgan fingerprint density at radius 2 is 2.38 bits per heavy atom. The van der Waals surface area contributed by atoms with Gasteiger partial charge in [0.25, 0.3) is 5.91 Å². The lowest BCUT2D eigenvalue weighted by Gasteiger charge is -1.90. The predicted octanol–water partition coefficient (Wildman–Crippen LogP) is 0.552. The Labute approximate surface area is 57.8 Å². The van der Waals surface area contributed by atoms with E-state index in [0.29, 0.717) is 0 Å². The van der Waals surface area contributed by atoms with Crippen LogP contribution in [0.2, 0.25) is 0 Å². The van der Waals surface area contributed by atoms with Crippen LogP contribution in [0.25, 0.3) is 0 Å². The van der Waals surface area contributed by atoms with Crippen molar-refractivity contribution in [3.8, 4) is 0 Å². The van der Waals surface area contributed by atoms with Gasteiger partial charge in [0.1, 0.15) is 4.20 Å². The van der Waals surface area contributed by atoms with Crippen molar-refractivity contribution in [3.63, 3.8) is 0 Å². The number of nitrogens with two attached hydrogens (primary N) is 1. The first-order chi connectivity index (χ1) is 3.68. The highest BCUT2D eigenvalue weighted by atomic mass is 32.2. The first kappa shape index (κ1) is 7.91. The highest BCUT2D eigenvalue weighted by molar-refractivity contribution is 8.25. The summed E-state index contributed by atoms with van der Waals surface area (Å²) in [7, 11) is 0. The van der Waals surface area contributed by atoms with Gasteiger partial charge in [-0.15, -0.1) is 11.8 Å². The van der Waals surface area contributed by atoms with Gasteiger partial charge in [0.2, 0.25) is 0 Å². The van der Waals surface area contributed by atoms with Crippen molar-refractivity contribution in [1.82, 2.24) is 0 Å². The molecule has 8 heavy (non-hydrogen) atoms. The van der Waals surface area contributed by atoms with Crippen molar-refractivity contribution in [2.75, 3.05) is 5.75 Å². The fourth-order valence-electron chi connectivity index (χ4n) is 0.202. The average molecular weight is 149 g/mol. The molecule has 4 heteroatoms. The van der Waals surface area contributed by atoms with Gasteiger partial charge in [0, 0.05) is 0 Å². The number of thiocarbonyl (C=S) groups is 1. The van der Waals surface area contributed by atoms with Gasteiger partial charge in [-0.3, -0.25) is 4.79 Å². The lowest BCUT2D eigenvalue weighted by molar-refractivity contribution is -0.111. The molecule has 46 valence electrons. The van der Waals surface area contributed by atoms with E-state index in [1.54, 1.807) is 0 Å². The van der Waals surface area contributed by atoms with E-state index in [2.05, 4.69) is 12.2 Å². The number of carbonyl (C=O) groups excluding carboxylic acids is 1. The SMILES string of the molecule is CCSC(=S)C(N)=O. The number of hydrogen-bond acceptors (Lipinski definition) is 3. The number of amides is 1. The average Bonchev–Trinajstić information content (AvgIpc) is 1.67. The van der Waals surface area contributed by atoms with Crippen LogP contribution in [0.5, 0.6) is 0 Å². The van der Waals surface area contributed by atoms with Crippen molar-refractivity contribution >= 4 is 34.1 Å². The van der Waals surface area contributed by atoms with E-state index in [1.165, 1.54) is 11.8 Å². The zero-order valence-electron chi connectivity index (χ0n) is 4.51. The molecule has 0 saturated heterocycles. The van der Waals surface area contributed by atoms with Crippen molar-refractivity contribution in [2.24, 2.45) is 5.73 Å². The van der Waals surface area contributed by atoms with Crippen LogP contribution in [0.15, 0.2) is 0 Å². The summed E-state index contributed by atoms with van der Waals surface area (Å²) in [6, 6.07) is 0. The third-order valence-corrected chi connectivity index (χ3v) is 1.78. The first-order valence-electron chi connectivity index (χ1n) is 2.15. The summed E-state index contributed by atoms with van der Waals surface area (Å²) < 4.78 is 0.271. The zero-order valence-corrected chi connectivity index (χ0v) is 6.14. The fourth-order valence-corrected chi connectivity index (χ4v) is 0.960. The van der Waals surface area contributed by atoms with Crippen molar-refractivity contribution in [2.45, 2.75) is 6.92 Å². The normalized spacial score (nSPS) is 8.62. The summed E-state index contributed by atoms with van der Waals surface area (Å²) in [6.07, 6.45) is 0. The molecule has 0 heterocycles. The van der Waals surface area contributed by atoms with Crippen LogP contribution in [0.3, 0.4) is 0 Å². The van der Waals surface area contributed by atoms with Crippen LogP contribution in [0, 0.1) is 0 Å². The maximum absolute atomic E-state index is 10.1. The predicted molar refractivity (Wildman–Crippen MR) is 39.9 cm³/mol. The molecule has 0 bridgehead atoms. The molecule has 0 saturated carbocycles. The molecular formula is C4H7NOS2. The molecule has 0 aromatic rings. The molecule has 2 N–H and O–H groups in total. The highest BCUT2D eigenvalue weighted by Gasteiger charge is 2.00. The summed E-state index contributed by atoms with van der Waals surface area (Å²) in [5.74, 6) is 0.314. The first-order valence-corrected chi connectivity index (χ1v) is 3.54. The van der Waals surface area contributed by atoms with E-state index in [-0.39, 0.29) is 4.20 Å². The Hall–Kier alpha value is -0.0900. The Morgan fingerprint density at radius 1 is 1.88 bits per heavy atom. The van der Waals surface area contributed by atoms with Gasteiger partial charge in [0.05, 0.1) is 0 Å². The van der Waals surface area contributed by atoms with Crippen LogP contribution in [0.4, 0.5) is 0 Å². The van der Waals surface area contributed by atoms with E-state index in [4.69, 9.17) is 5.73 Å². The molecule has 0 fully saturated rings. The molecule has 0 unspecified atom stereocenters. The molecule has 0 aromatic carbocycles. The van der Waals surface area contributed by atoms with Crippen molar-refractivity contribution in [1.29, 1.82) is 0 Å². The molecular weight excluding hydrogens is 142 g/mol. The second-order valence-electron chi connectivity index (χ2n) is 1.08. The van der Waals surface area contributed by atoms with E-state index in [0.717, 1.165) is 5.75 Å². The van der Waals surface area contributed by atoms with Gasteiger partial charge < -0.3 is 5.73 Å². The third kappa shape index (κ3) is 2.98. The Bertz CT molecular complexity index is 113. The van der Waals surface area contributed by atoms with Crippen molar-refractivity contribution < 1.29 is 4.79 Å². The van der Waals surface area contributed by atoms with Crippen LogP contribution in [-0.4, -0.2) is 15.9 Å². The van der Waals surface area contributed by atoms with E-state index in [1.807, 2.05) is 6.92 Å². The number of carbonyl (C=O) groups is 1. The minimum atomic E-state index is -0.494. The lowest BCUT2D eigenvalue weighted by atomic mass is 10.8. The Balaban J connectivity index is 3.49. The van der Waals surface area contributed by atoms with Gasteiger partial charge >= 0.3 is 0 Å². The maximum Gasteiger partial charge on any atom is 0.266 e. The monoisotopic (exact) mass is 149 g/mol. The summed E-state index contributed by atoms with van der Waals surface area (Å²) in [5, 5.41) is 0. The van der Waals surface area contributed by atoms with Crippen LogP contribution in [-0.2, 0) is 4.79 Å². The second kappa shape index (κ2) is 3.86. The summed E-state index contributed by atoms with van der Waals surface area (Å²) in [6.45, 7) is 1.92. The standard InChI is InChI=1S/C4H7NOS2/c1-2-8-4(7)3(5)6/h2H2,1H3,(H2,5,6). The smallest absolute Gasteiger partial charge is 0.266 e. The largest absolute Gasteiger partial charge is 0.364 e. The van der Waals surface area contributed by atoms with E-state index < -0.39 is 5.91 Å². The molecule has 0 aliphatic rings. The molecule has 0 aliphatic heterocycles. The number of primary amides is 1. The van der Waals surface area contributed by atoms with Gasteiger partial charge in [-0.2, -0.15) is 0 Å². The highest BCUT2D eigenvalue weighted by Crippen LogP contribution is 2.00.